The van der Waals surface area contributed by atoms with Crippen molar-refractivity contribution in [2.24, 2.45) is 0 Å². The highest BCUT2D eigenvalue weighted by atomic mass is 35.5. The standard InChI is InChI=1S/C13H11Cl2NO/c1-6-5-8(14)12-10(11(6)15)13(17)7-3-2-4-9(7)16-12/h5H,2-4H2,1H3,(H,16,17). The minimum absolute atomic E-state index is 0.0434. The second kappa shape index (κ2) is 3.76. The molecule has 1 N–H and O–H groups in total. The number of pyridine rings is 1. The molecule has 0 radical (unpaired) electrons. The zero-order valence-corrected chi connectivity index (χ0v) is 10.9. The molecule has 3 rings (SSSR count). The molecule has 0 aliphatic heterocycles. The van der Waals surface area contributed by atoms with Gasteiger partial charge in [0.1, 0.15) is 0 Å². The lowest BCUT2D eigenvalue weighted by molar-refractivity contribution is 0.900. The van der Waals surface area contributed by atoms with Gasteiger partial charge in [-0.2, -0.15) is 0 Å². The molecule has 2 aromatic rings. The Balaban J connectivity index is 2.56. The first kappa shape index (κ1) is 11.1. The molecule has 4 heteroatoms. The molecule has 0 bridgehead atoms. The molecule has 0 unspecified atom stereocenters. The summed E-state index contributed by atoms with van der Waals surface area (Å²) in [6.07, 6.45) is 2.77. The Morgan fingerprint density at radius 2 is 2.06 bits per heavy atom. The molecule has 0 amide bonds. The van der Waals surface area contributed by atoms with Crippen LogP contribution in [0.4, 0.5) is 0 Å². The maximum Gasteiger partial charge on any atom is 0.194 e. The van der Waals surface area contributed by atoms with Crippen LogP contribution in [0.25, 0.3) is 10.9 Å². The van der Waals surface area contributed by atoms with Crippen molar-refractivity contribution >= 4 is 34.1 Å². The summed E-state index contributed by atoms with van der Waals surface area (Å²) in [5.74, 6) is 0. The Morgan fingerprint density at radius 1 is 1.29 bits per heavy atom. The van der Waals surface area contributed by atoms with Gasteiger partial charge in [-0.3, -0.25) is 4.79 Å². The van der Waals surface area contributed by atoms with E-state index in [1.54, 1.807) is 6.07 Å². The largest absolute Gasteiger partial charge is 0.357 e. The van der Waals surface area contributed by atoms with Crippen LogP contribution in [0.2, 0.25) is 10.0 Å². The zero-order valence-electron chi connectivity index (χ0n) is 9.36. The second-order valence-corrected chi connectivity index (χ2v) is 5.29. The van der Waals surface area contributed by atoms with Crippen molar-refractivity contribution in [1.29, 1.82) is 0 Å². The molecular formula is C13H11Cl2NO. The van der Waals surface area contributed by atoms with E-state index in [-0.39, 0.29) is 5.43 Å². The fraction of sp³-hybridized carbons (Fsp3) is 0.308. The number of aryl methyl sites for hydroxylation is 2. The van der Waals surface area contributed by atoms with Gasteiger partial charge >= 0.3 is 0 Å². The number of rotatable bonds is 0. The van der Waals surface area contributed by atoms with E-state index in [2.05, 4.69) is 4.98 Å². The molecule has 1 aromatic carbocycles. The second-order valence-electron chi connectivity index (χ2n) is 4.50. The smallest absolute Gasteiger partial charge is 0.194 e. The highest BCUT2D eigenvalue weighted by molar-refractivity contribution is 6.40. The predicted octanol–water partition coefficient (Wildman–Crippen LogP) is 3.63. The van der Waals surface area contributed by atoms with Crippen molar-refractivity contribution in [3.63, 3.8) is 0 Å². The number of nitrogens with one attached hydrogen (secondary N) is 1. The van der Waals surface area contributed by atoms with Crippen molar-refractivity contribution in [3.8, 4) is 0 Å². The minimum Gasteiger partial charge on any atom is -0.357 e. The fourth-order valence-electron chi connectivity index (χ4n) is 2.52. The van der Waals surface area contributed by atoms with E-state index in [0.717, 1.165) is 36.1 Å². The zero-order chi connectivity index (χ0) is 12.2. The van der Waals surface area contributed by atoms with Gasteiger partial charge in [-0.15, -0.1) is 0 Å². The van der Waals surface area contributed by atoms with Crippen LogP contribution in [-0.2, 0) is 12.8 Å². The van der Waals surface area contributed by atoms with Crippen LogP contribution in [0.1, 0.15) is 23.2 Å². The topological polar surface area (TPSA) is 32.9 Å². The van der Waals surface area contributed by atoms with E-state index in [1.165, 1.54) is 0 Å². The number of benzene rings is 1. The van der Waals surface area contributed by atoms with Crippen molar-refractivity contribution in [1.82, 2.24) is 4.98 Å². The molecule has 1 heterocycles. The van der Waals surface area contributed by atoms with Gasteiger partial charge in [-0.1, -0.05) is 23.2 Å². The normalized spacial score (nSPS) is 14.3. The van der Waals surface area contributed by atoms with Crippen LogP contribution in [0, 0.1) is 6.92 Å². The van der Waals surface area contributed by atoms with E-state index in [0.29, 0.717) is 20.9 Å². The average molecular weight is 268 g/mol. The Kier molecular flexibility index (Phi) is 2.46. The number of halogens is 2. The molecule has 0 saturated carbocycles. The molecule has 1 aliphatic rings. The van der Waals surface area contributed by atoms with Gasteiger partial charge in [0.05, 0.1) is 20.9 Å². The Bertz CT molecular complexity index is 688. The Labute approximate surface area is 109 Å². The van der Waals surface area contributed by atoms with E-state index < -0.39 is 0 Å². The maximum absolute atomic E-state index is 12.4. The highest BCUT2D eigenvalue weighted by Gasteiger charge is 2.20. The quantitative estimate of drug-likeness (QED) is 0.777. The SMILES string of the molecule is Cc1cc(Cl)c2[nH]c3c(c(=O)c2c1Cl)CCC3. The van der Waals surface area contributed by atoms with Crippen LogP contribution >= 0.6 is 23.2 Å². The van der Waals surface area contributed by atoms with Gasteiger partial charge in [-0.25, -0.2) is 0 Å². The lowest BCUT2D eigenvalue weighted by Crippen LogP contribution is -2.11. The van der Waals surface area contributed by atoms with E-state index >= 15 is 0 Å². The summed E-state index contributed by atoms with van der Waals surface area (Å²) < 4.78 is 0. The van der Waals surface area contributed by atoms with Crippen molar-refractivity contribution in [2.45, 2.75) is 26.2 Å². The number of H-pyrrole nitrogens is 1. The van der Waals surface area contributed by atoms with E-state index in [1.807, 2.05) is 6.92 Å². The average Bonchev–Trinajstić information content (AvgIpc) is 2.74. The van der Waals surface area contributed by atoms with Crippen molar-refractivity contribution in [3.05, 3.63) is 43.2 Å². The molecule has 1 aliphatic carbocycles. The number of aromatic nitrogens is 1. The van der Waals surface area contributed by atoms with Crippen molar-refractivity contribution in [2.75, 3.05) is 0 Å². The summed E-state index contributed by atoms with van der Waals surface area (Å²) in [5, 5.41) is 1.62. The Hall–Kier alpha value is -0.990. The van der Waals surface area contributed by atoms with Crippen LogP contribution in [0.15, 0.2) is 10.9 Å². The molecule has 17 heavy (non-hydrogen) atoms. The summed E-state index contributed by atoms with van der Waals surface area (Å²) in [6, 6.07) is 1.80. The first-order chi connectivity index (χ1) is 8.09. The van der Waals surface area contributed by atoms with Crippen LogP contribution < -0.4 is 5.43 Å². The van der Waals surface area contributed by atoms with Gasteiger partial charge in [0.2, 0.25) is 0 Å². The number of hydrogen-bond acceptors (Lipinski definition) is 1. The molecule has 0 atom stereocenters. The van der Waals surface area contributed by atoms with Gasteiger partial charge in [0.15, 0.2) is 5.43 Å². The van der Waals surface area contributed by atoms with Crippen LogP contribution in [0.3, 0.4) is 0 Å². The summed E-state index contributed by atoms with van der Waals surface area (Å²) in [4.78, 5) is 15.7. The lowest BCUT2D eigenvalue weighted by Gasteiger charge is -2.09. The third-order valence-corrected chi connectivity index (χ3v) is 4.18. The molecule has 0 spiro atoms. The van der Waals surface area contributed by atoms with Gasteiger partial charge in [-0.05, 0) is 37.8 Å². The molecular weight excluding hydrogens is 257 g/mol. The number of hydrogen-bond donors (Lipinski definition) is 1. The summed E-state index contributed by atoms with van der Waals surface area (Å²) in [6.45, 7) is 1.86. The van der Waals surface area contributed by atoms with E-state index in [9.17, 15) is 4.79 Å². The maximum atomic E-state index is 12.4. The van der Waals surface area contributed by atoms with Crippen molar-refractivity contribution < 1.29 is 0 Å². The predicted molar refractivity (Wildman–Crippen MR) is 71.4 cm³/mol. The fourth-order valence-corrected chi connectivity index (χ4v) is 3.06. The van der Waals surface area contributed by atoms with E-state index in [4.69, 9.17) is 23.2 Å². The molecule has 2 nitrogen and oxygen atoms in total. The van der Waals surface area contributed by atoms with Gasteiger partial charge in [0, 0.05) is 11.3 Å². The molecule has 1 aromatic heterocycles. The third kappa shape index (κ3) is 1.51. The van der Waals surface area contributed by atoms with Crippen LogP contribution in [0.5, 0.6) is 0 Å². The van der Waals surface area contributed by atoms with Gasteiger partial charge in [0.25, 0.3) is 0 Å². The van der Waals surface area contributed by atoms with Gasteiger partial charge < -0.3 is 4.98 Å². The third-order valence-electron chi connectivity index (χ3n) is 3.39. The van der Waals surface area contributed by atoms with Crippen LogP contribution in [-0.4, -0.2) is 4.98 Å². The number of aromatic amines is 1. The first-order valence-electron chi connectivity index (χ1n) is 5.62. The highest BCUT2D eigenvalue weighted by Crippen LogP contribution is 2.31. The lowest BCUT2D eigenvalue weighted by atomic mass is 10.1. The molecule has 0 fully saturated rings. The first-order valence-corrected chi connectivity index (χ1v) is 6.37. The molecule has 0 saturated heterocycles. The summed E-state index contributed by atoms with van der Waals surface area (Å²) in [5.41, 5.74) is 3.45. The number of fused-ring (bicyclic) bond motifs is 2. The molecule has 88 valence electrons. The minimum atomic E-state index is 0.0434. The Morgan fingerprint density at radius 3 is 2.82 bits per heavy atom. The summed E-state index contributed by atoms with van der Waals surface area (Å²) in [7, 11) is 0. The monoisotopic (exact) mass is 267 g/mol. The summed E-state index contributed by atoms with van der Waals surface area (Å²) >= 11 is 12.4.